The van der Waals surface area contributed by atoms with Crippen LogP contribution in [-0.4, -0.2) is 17.0 Å². The van der Waals surface area contributed by atoms with E-state index in [4.69, 9.17) is 9.52 Å². The van der Waals surface area contributed by atoms with Crippen LogP contribution in [0.1, 0.15) is 23.1 Å². The molecule has 1 amide bonds. The van der Waals surface area contributed by atoms with Gasteiger partial charge in [0.05, 0.1) is 0 Å². The zero-order chi connectivity index (χ0) is 17.0. The second-order valence-electron chi connectivity index (χ2n) is 4.74. The van der Waals surface area contributed by atoms with Crippen molar-refractivity contribution in [1.82, 2.24) is 5.32 Å². The summed E-state index contributed by atoms with van der Waals surface area (Å²) in [6, 6.07) is 4.47. The van der Waals surface area contributed by atoms with Gasteiger partial charge in [-0.25, -0.2) is 13.6 Å². The molecule has 0 bridgehead atoms. The highest BCUT2D eigenvalue weighted by Crippen LogP contribution is 2.17. The van der Waals surface area contributed by atoms with Crippen LogP contribution < -0.4 is 5.32 Å². The largest absolute Gasteiger partial charge is 0.479 e. The Morgan fingerprint density at radius 2 is 1.96 bits per heavy atom. The van der Waals surface area contributed by atoms with Crippen molar-refractivity contribution in [2.45, 2.75) is 13.0 Å². The number of aliphatic carboxylic acids is 1. The highest BCUT2D eigenvalue weighted by atomic mass is 19.2. The van der Waals surface area contributed by atoms with Gasteiger partial charge in [-0.3, -0.25) is 4.79 Å². The molecule has 0 saturated carbocycles. The number of amides is 1. The third-order valence-electron chi connectivity index (χ3n) is 2.97. The second-order valence-corrected chi connectivity index (χ2v) is 4.74. The number of halogens is 2. The molecule has 7 heteroatoms. The average Bonchev–Trinajstić information content (AvgIpc) is 2.91. The van der Waals surface area contributed by atoms with E-state index in [-0.39, 0.29) is 5.56 Å². The first-order valence-corrected chi connectivity index (χ1v) is 6.59. The summed E-state index contributed by atoms with van der Waals surface area (Å²) in [7, 11) is 0. The molecule has 0 unspecified atom stereocenters. The summed E-state index contributed by atoms with van der Waals surface area (Å²) in [5.74, 6) is -3.31. The average molecular weight is 321 g/mol. The number of carbonyl (C=O) groups is 2. The Balaban J connectivity index is 2.12. The Bertz CT molecular complexity index is 767. The summed E-state index contributed by atoms with van der Waals surface area (Å²) in [5.41, 5.74) is -0.0769. The van der Waals surface area contributed by atoms with Crippen molar-refractivity contribution >= 4 is 18.0 Å². The maximum atomic E-state index is 13.2. The van der Waals surface area contributed by atoms with Crippen molar-refractivity contribution in [2.75, 3.05) is 0 Å². The monoisotopic (exact) mass is 321 g/mol. The van der Waals surface area contributed by atoms with Gasteiger partial charge in [-0.05, 0) is 42.8 Å². The Kier molecular flexibility index (Phi) is 4.90. The fourth-order valence-electron chi connectivity index (χ4n) is 1.87. The van der Waals surface area contributed by atoms with Gasteiger partial charge in [0.1, 0.15) is 11.5 Å². The Labute approximate surface area is 130 Å². The maximum Gasteiger partial charge on any atom is 0.330 e. The predicted octanol–water partition coefficient (Wildman–Crippen LogP) is 2.82. The Hall–Kier alpha value is -2.96. The Morgan fingerprint density at radius 1 is 1.22 bits per heavy atom. The quantitative estimate of drug-likeness (QED) is 0.830. The van der Waals surface area contributed by atoms with E-state index in [1.54, 1.807) is 19.1 Å². The molecule has 1 heterocycles. The van der Waals surface area contributed by atoms with Crippen molar-refractivity contribution in [3.8, 4) is 0 Å². The molecule has 1 atom stereocenters. The molecule has 23 heavy (non-hydrogen) atoms. The zero-order valence-electron chi connectivity index (χ0n) is 12.0. The van der Waals surface area contributed by atoms with Gasteiger partial charge in [0.15, 0.2) is 17.7 Å². The molecule has 5 nitrogen and oxygen atoms in total. The minimum Gasteiger partial charge on any atom is -0.479 e. The smallest absolute Gasteiger partial charge is 0.330 e. The highest BCUT2D eigenvalue weighted by Gasteiger charge is 2.22. The van der Waals surface area contributed by atoms with Gasteiger partial charge in [0, 0.05) is 6.08 Å². The fraction of sp³-hybridized carbons (Fsp3) is 0.125. The SMILES string of the molecule is Cc1ccc(/C=C/C(=O)N[C@H](C(=O)O)c2ccc(F)c(F)c2)o1. The van der Waals surface area contributed by atoms with Crippen LogP contribution in [0, 0.1) is 18.6 Å². The van der Waals surface area contributed by atoms with Crippen LogP contribution in [0.3, 0.4) is 0 Å². The van der Waals surface area contributed by atoms with Crippen LogP contribution in [0.15, 0.2) is 40.8 Å². The summed E-state index contributed by atoms with van der Waals surface area (Å²) < 4.78 is 31.3. The zero-order valence-corrected chi connectivity index (χ0v) is 12.0. The van der Waals surface area contributed by atoms with Crippen molar-refractivity contribution < 1.29 is 27.9 Å². The standard InChI is InChI=1S/C16H13F2NO4/c1-9-2-4-11(23-9)5-7-14(20)19-15(16(21)22)10-3-6-12(17)13(18)8-10/h2-8,15H,1H3,(H,19,20)(H,21,22)/b7-5+/t15-/m0/s1. The number of furan rings is 1. The Morgan fingerprint density at radius 3 is 2.52 bits per heavy atom. The van der Waals surface area contributed by atoms with E-state index in [9.17, 15) is 18.4 Å². The number of rotatable bonds is 5. The van der Waals surface area contributed by atoms with Crippen molar-refractivity contribution in [2.24, 2.45) is 0 Å². The van der Waals surface area contributed by atoms with E-state index in [0.29, 0.717) is 11.5 Å². The van der Waals surface area contributed by atoms with E-state index in [0.717, 1.165) is 24.3 Å². The molecular formula is C16H13F2NO4. The van der Waals surface area contributed by atoms with E-state index in [1.807, 2.05) is 0 Å². The molecule has 1 aromatic carbocycles. The normalized spacial score (nSPS) is 12.3. The van der Waals surface area contributed by atoms with Crippen LogP contribution in [-0.2, 0) is 9.59 Å². The van der Waals surface area contributed by atoms with Crippen molar-refractivity contribution in [1.29, 1.82) is 0 Å². The summed E-state index contributed by atoms with van der Waals surface area (Å²) in [6.07, 6.45) is 2.46. The lowest BCUT2D eigenvalue weighted by molar-refractivity contribution is -0.141. The molecule has 0 aliphatic rings. The number of benzene rings is 1. The molecule has 1 aromatic heterocycles. The van der Waals surface area contributed by atoms with Gasteiger partial charge in [0.25, 0.3) is 0 Å². The van der Waals surface area contributed by atoms with Crippen molar-refractivity contribution in [3.63, 3.8) is 0 Å². The van der Waals surface area contributed by atoms with E-state index < -0.39 is 29.6 Å². The predicted molar refractivity (Wildman–Crippen MR) is 77.4 cm³/mol. The van der Waals surface area contributed by atoms with Crippen LogP contribution in [0.25, 0.3) is 6.08 Å². The van der Waals surface area contributed by atoms with Gasteiger partial charge < -0.3 is 14.8 Å². The summed E-state index contributed by atoms with van der Waals surface area (Å²) in [6.45, 7) is 1.74. The second kappa shape index (κ2) is 6.87. The molecule has 2 aromatic rings. The van der Waals surface area contributed by atoms with Gasteiger partial charge in [0.2, 0.25) is 5.91 Å². The number of carbonyl (C=O) groups excluding carboxylic acids is 1. The minimum atomic E-state index is -1.50. The van der Waals surface area contributed by atoms with Crippen molar-refractivity contribution in [3.05, 3.63) is 65.1 Å². The lowest BCUT2D eigenvalue weighted by atomic mass is 10.1. The number of carboxylic acid groups (broad SMARTS) is 1. The third kappa shape index (κ3) is 4.26. The molecule has 2 N–H and O–H groups in total. The lowest BCUT2D eigenvalue weighted by Gasteiger charge is -2.13. The van der Waals surface area contributed by atoms with Gasteiger partial charge in [-0.15, -0.1) is 0 Å². The van der Waals surface area contributed by atoms with Crippen LogP contribution in [0.2, 0.25) is 0 Å². The third-order valence-corrected chi connectivity index (χ3v) is 2.97. The van der Waals surface area contributed by atoms with Crippen LogP contribution in [0.4, 0.5) is 8.78 Å². The number of aryl methyl sites for hydroxylation is 1. The van der Waals surface area contributed by atoms with E-state index in [1.165, 1.54) is 6.08 Å². The van der Waals surface area contributed by atoms with Crippen LogP contribution >= 0.6 is 0 Å². The maximum absolute atomic E-state index is 13.2. The molecule has 0 aliphatic carbocycles. The number of hydrogen-bond acceptors (Lipinski definition) is 3. The topological polar surface area (TPSA) is 79.5 Å². The van der Waals surface area contributed by atoms with Gasteiger partial charge >= 0.3 is 5.97 Å². The highest BCUT2D eigenvalue weighted by molar-refractivity contribution is 5.94. The number of carboxylic acids is 1. The van der Waals surface area contributed by atoms with Crippen LogP contribution in [0.5, 0.6) is 0 Å². The van der Waals surface area contributed by atoms with Gasteiger partial charge in [-0.1, -0.05) is 6.07 Å². The minimum absolute atomic E-state index is 0.0769. The molecule has 0 aliphatic heterocycles. The molecule has 2 rings (SSSR count). The summed E-state index contributed by atoms with van der Waals surface area (Å²) in [4.78, 5) is 23.0. The number of hydrogen-bond donors (Lipinski definition) is 2. The molecule has 0 spiro atoms. The first-order chi connectivity index (χ1) is 10.9. The van der Waals surface area contributed by atoms with Gasteiger partial charge in [-0.2, -0.15) is 0 Å². The number of nitrogens with one attached hydrogen (secondary N) is 1. The first-order valence-electron chi connectivity index (χ1n) is 6.59. The molecule has 120 valence electrons. The fourth-order valence-corrected chi connectivity index (χ4v) is 1.87. The molecule has 0 fully saturated rings. The lowest BCUT2D eigenvalue weighted by Crippen LogP contribution is -2.32. The first kappa shape index (κ1) is 16.4. The van der Waals surface area contributed by atoms with E-state index >= 15 is 0 Å². The van der Waals surface area contributed by atoms with E-state index in [2.05, 4.69) is 5.32 Å². The molecule has 0 radical (unpaired) electrons. The summed E-state index contributed by atoms with van der Waals surface area (Å²) >= 11 is 0. The summed E-state index contributed by atoms with van der Waals surface area (Å²) in [5, 5.41) is 11.4. The molecular weight excluding hydrogens is 308 g/mol. The molecule has 0 saturated heterocycles.